The number of hydrogen-bond donors (Lipinski definition) is 1. The highest BCUT2D eigenvalue weighted by Crippen LogP contribution is 2.17. The van der Waals surface area contributed by atoms with Gasteiger partial charge in [-0.15, -0.1) is 4.91 Å². The first-order valence-corrected chi connectivity index (χ1v) is 4.88. The Morgan fingerprint density at radius 3 is 2.73 bits per heavy atom. The molecular weight excluding hydrogens is 188 g/mol. The number of fused-ring (bicyclic) bond motifs is 1. The summed E-state index contributed by atoms with van der Waals surface area (Å²) in [6.45, 7) is 0.830. The Bertz CT molecular complexity index is 463. The molecule has 3 nitrogen and oxygen atoms in total. The average Bonchev–Trinajstić information content (AvgIpc) is 2.30. The van der Waals surface area contributed by atoms with Crippen molar-refractivity contribution in [2.24, 2.45) is 5.18 Å². The van der Waals surface area contributed by atoms with Crippen LogP contribution in [0.3, 0.4) is 0 Å². The highest BCUT2D eigenvalue weighted by Gasteiger charge is 1.98. The number of hydrogen-bond acceptors (Lipinski definition) is 3. The minimum Gasteiger partial charge on any atom is -0.291 e. The van der Waals surface area contributed by atoms with Crippen LogP contribution in [-0.2, 0) is 6.54 Å². The summed E-state index contributed by atoms with van der Waals surface area (Å²) >= 11 is 0. The fourth-order valence-electron chi connectivity index (χ4n) is 1.68. The number of nitroso groups, excluding NO2 is 1. The SMILES string of the molecule is O=NCNCc1cccc2ccccc12. The Labute approximate surface area is 88.1 Å². The molecule has 0 unspecified atom stereocenters. The van der Waals surface area contributed by atoms with Crippen LogP contribution in [0.25, 0.3) is 10.8 Å². The van der Waals surface area contributed by atoms with E-state index in [2.05, 4.69) is 34.8 Å². The topological polar surface area (TPSA) is 41.5 Å². The van der Waals surface area contributed by atoms with Gasteiger partial charge in [-0.3, -0.25) is 5.32 Å². The van der Waals surface area contributed by atoms with Crippen molar-refractivity contribution in [1.82, 2.24) is 5.32 Å². The zero-order valence-corrected chi connectivity index (χ0v) is 8.31. The minimum atomic E-state index is 0.156. The van der Waals surface area contributed by atoms with Gasteiger partial charge in [0.15, 0.2) is 0 Å². The molecule has 2 aromatic carbocycles. The summed E-state index contributed by atoms with van der Waals surface area (Å²) in [6, 6.07) is 14.4. The Morgan fingerprint density at radius 1 is 1.07 bits per heavy atom. The largest absolute Gasteiger partial charge is 0.291 e. The van der Waals surface area contributed by atoms with Gasteiger partial charge in [-0.1, -0.05) is 47.6 Å². The lowest BCUT2D eigenvalue weighted by atomic mass is 10.0. The Hall–Kier alpha value is -1.74. The fraction of sp³-hybridized carbons (Fsp3) is 0.167. The Kier molecular flexibility index (Phi) is 3.05. The van der Waals surface area contributed by atoms with Crippen molar-refractivity contribution in [2.75, 3.05) is 6.67 Å². The monoisotopic (exact) mass is 200 g/mol. The summed E-state index contributed by atoms with van der Waals surface area (Å²) in [7, 11) is 0. The molecule has 0 aliphatic carbocycles. The normalized spacial score (nSPS) is 10.4. The third kappa shape index (κ3) is 2.19. The molecule has 0 radical (unpaired) electrons. The van der Waals surface area contributed by atoms with Crippen molar-refractivity contribution >= 4 is 10.8 Å². The predicted molar refractivity (Wildman–Crippen MR) is 61.4 cm³/mol. The van der Waals surface area contributed by atoms with Gasteiger partial charge >= 0.3 is 0 Å². The van der Waals surface area contributed by atoms with E-state index in [1.54, 1.807) is 0 Å². The van der Waals surface area contributed by atoms with Crippen LogP contribution in [0, 0.1) is 4.91 Å². The van der Waals surface area contributed by atoms with Gasteiger partial charge in [0.25, 0.3) is 0 Å². The molecule has 0 aliphatic rings. The van der Waals surface area contributed by atoms with Crippen molar-refractivity contribution in [2.45, 2.75) is 6.54 Å². The van der Waals surface area contributed by atoms with E-state index in [9.17, 15) is 4.91 Å². The molecule has 0 atom stereocenters. The highest BCUT2D eigenvalue weighted by atomic mass is 16.3. The lowest BCUT2D eigenvalue weighted by Gasteiger charge is -2.05. The van der Waals surface area contributed by atoms with Crippen LogP contribution in [-0.4, -0.2) is 6.67 Å². The van der Waals surface area contributed by atoms with Gasteiger partial charge in [-0.2, -0.15) is 0 Å². The Morgan fingerprint density at radius 2 is 1.87 bits per heavy atom. The van der Waals surface area contributed by atoms with E-state index >= 15 is 0 Å². The molecule has 0 saturated heterocycles. The molecule has 0 aromatic heterocycles. The van der Waals surface area contributed by atoms with Crippen molar-refractivity contribution in [3.05, 3.63) is 52.9 Å². The average molecular weight is 200 g/mol. The molecule has 0 bridgehead atoms. The van der Waals surface area contributed by atoms with Gasteiger partial charge in [0.05, 0.1) is 0 Å². The summed E-state index contributed by atoms with van der Waals surface area (Å²) < 4.78 is 0. The van der Waals surface area contributed by atoms with E-state index in [4.69, 9.17) is 0 Å². The van der Waals surface area contributed by atoms with Gasteiger partial charge in [0.1, 0.15) is 6.67 Å². The van der Waals surface area contributed by atoms with Crippen LogP contribution in [0.5, 0.6) is 0 Å². The lowest BCUT2D eigenvalue weighted by Crippen LogP contribution is -2.12. The van der Waals surface area contributed by atoms with Gasteiger partial charge in [-0.25, -0.2) is 0 Å². The van der Waals surface area contributed by atoms with E-state index in [1.165, 1.54) is 16.3 Å². The molecule has 0 aliphatic heterocycles. The van der Waals surface area contributed by atoms with Crippen LogP contribution < -0.4 is 5.32 Å². The van der Waals surface area contributed by atoms with Gasteiger partial charge in [-0.05, 0) is 16.3 Å². The van der Waals surface area contributed by atoms with E-state index in [0.717, 1.165) is 0 Å². The molecule has 0 spiro atoms. The van der Waals surface area contributed by atoms with Crippen molar-refractivity contribution in [3.63, 3.8) is 0 Å². The van der Waals surface area contributed by atoms with Crippen LogP contribution in [0.1, 0.15) is 5.56 Å². The van der Waals surface area contributed by atoms with Crippen LogP contribution >= 0.6 is 0 Å². The first-order valence-electron chi connectivity index (χ1n) is 4.88. The van der Waals surface area contributed by atoms with Gasteiger partial charge < -0.3 is 0 Å². The first-order chi connectivity index (χ1) is 7.42. The summed E-state index contributed by atoms with van der Waals surface area (Å²) in [4.78, 5) is 9.95. The third-order valence-corrected chi connectivity index (χ3v) is 2.37. The molecule has 1 N–H and O–H groups in total. The number of rotatable bonds is 4. The molecule has 0 saturated carbocycles. The van der Waals surface area contributed by atoms with Gasteiger partial charge in [0.2, 0.25) is 0 Å². The second-order valence-electron chi connectivity index (χ2n) is 3.35. The molecule has 2 rings (SSSR count). The maximum Gasteiger partial charge on any atom is 0.131 e. The number of nitrogens with zero attached hydrogens (tertiary/aromatic N) is 1. The van der Waals surface area contributed by atoms with Crippen LogP contribution in [0.15, 0.2) is 47.6 Å². The minimum absolute atomic E-state index is 0.156. The second kappa shape index (κ2) is 4.66. The first kappa shape index (κ1) is 9.80. The molecule has 0 fully saturated rings. The van der Waals surface area contributed by atoms with Crippen molar-refractivity contribution in [3.8, 4) is 0 Å². The molecule has 3 heteroatoms. The Balaban J connectivity index is 2.30. The number of nitrogens with one attached hydrogen (secondary N) is 1. The summed E-state index contributed by atoms with van der Waals surface area (Å²) in [5, 5.41) is 8.17. The molecule has 2 aromatic rings. The summed E-state index contributed by atoms with van der Waals surface area (Å²) in [5.74, 6) is 0. The quantitative estimate of drug-likeness (QED) is 0.609. The maximum atomic E-state index is 9.95. The molecule has 76 valence electrons. The van der Waals surface area contributed by atoms with E-state index in [0.29, 0.717) is 6.54 Å². The number of benzene rings is 2. The van der Waals surface area contributed by atoms with Crippen LogP contribution in [0.4, 0.5) is 0 Å². The highest BCUT2D eigenvalue weighted by molar-refractivity contribution is 5.85. The van der Waals surface area contributed by atoms with E-state index in [1.807, 2.05) is 18.2 Å². The fourth-order valence-corrected chi connectivity index (χ4v) is 1.68. The zero-order chi connectivity index (χ0) is 10.5. The van der Waals surface area contributed by atoms with Gasteiger partial charge in [0, 0.05) is 6.54 Å². The molecule has 0 heterocycles. The summed E-state index contributed by atoms with van der Waals surface area (Å²) in [6.07, 6.45) is 0. The predicted octanol–water partition coefficient (Wildman–Crippen LogP) is 2.65. The zero-order valence-electron chi connectivity index (χ0n) is 8.31. The lowest BCUT2D eigenvalue weighted by molar-refractivity contribution is 0.710. The summed E-state index contributed by atoms with van der Waals surface area (Å²) in [5.41, 5.74) is 1.19. The standard InChI is InChI=1S/C12H12N2O/c15-14-9-13-8-11-6-3-5-10-4-1-2-7-12(10)11/h1-7,13H,8-9H2. The smallest absolute Gasteiger partial charge is 0.131 e. The third-order valence-electron chi connectivity index (χ3n) is 2.37. The van der Waals surface area contributed by atoms with Crippen molar-refractivity contribution in [1.29, 1.82) is 0 Å². The second-order valence-corrected chi connectivity index (χ2v) is 3.35. The van der Waals surface area contributed by atoms with Crippen molar-refractivity contribution < 1.29 is 0 Å². The maximum absolute atomic E-state index is 9.95. The van der Waals surface area contributed by atoms with E-state index < -0.39 is 0 Å². The molecular formula is C12H12N2O. The van der Waals surface area contributed by atoms with Crippen LogP contribution in [0.2, 0.25) is 0 Å². The molecule has 15 heavy (non-hydrogen) atoms. The van der Waals surface area contributed by atoms with E-state index in [-0.39, 0.29) is 6.67 Å². The molecule has 0 amide bonds.